The van der Waals surface area contributed by atoms with Gasteiger partial charge >= 0.3 is 0 Å². The van der Waals surface area contributed by atoms with E-state index in [-0.39, 0.29) is 5.41 Å². The summed E-state index contributed by atoms with van der Waals surface area (Å²) < 4.78 is 30.3. The van der Waals surface area contributed by atoms with Crippen molar-refractivity contribution in [2.75, 3.05) is 5.88 Å². The Kier molecular flexibility index (Phi) is 7.59. The average Bonchev–Trinajstić information content (AvgIpc) is 2.72. The molecule has 0 aromatic heterocycles. The van der Waals surface area contributed by atoms with Crippen LogP contribution in [0.5, 0.6) is 0 Å². The molecule has 0 aliphatic heterocycles. The van der Waals surface area contributed by atoms with Crippen LogP contribution in [0.1, 0.15) is 95.1 Å². The SMILES string of the molecule is CCCCCc1ccc(C2(C3CCCCC3)CCC(CCl)CC2)c(F)c1F. The summed E-state index contributed by atoms with van der Waals surface area (Å²) in [4.78, 5) is 0. The number of unbranched alkanes of at least 4 members (excludes halogenated alkanes) is 2. The van der Waals surface area contributed by atoms with Crippen LogP contribution in [-0.4, -0.2) is 5.88 Å². The van der Waals surface area contributed by atoms with E-state index in [2.05, 4.69) is 6.92 Å². The molecule has 2 aliphatic carbocycles. The Balaban J connectivity index is 1.91. The van der Waals surface area contributed by atoms with E-state index in [9.17, 15) is 4.39 Å². The van der Waals surface area contributed by atoms with E-state index >= 15 is 4.39 Å². The largest absolute Gasteiger partial charge is 0.203 e. The van der Waals surface area contributed by atoms with Crippen molar-refractivity contribution in [3.63, 3.8) is 0 Å². The second-order valence-corrected chi connectivity index (χ2v) is 9.25. The molecule has 27 heavy (non-hydrogen) atoms. The number of hydrogen-bond donors (Lipinski definition) is 0. The molecule has 0 bridgehead atoms. The van der Waals surface area contributed by atoms with Crippen molar-refractivity contribution >= 4 is 11.6 Å². The zero-order chi connectivity index (χ0) is 19.3. The van der Waals surface area contributed by atoms with Crippen molar-refractivity contribution < 1.29 is 8.78 Å². The number of halogens is 3. The molecule has 0 spiro atoms. The normalized spacial score (nSPS) is 27.0. The van der Waals surface area contributed by atoms with Gasteiger partial charge in [0.25, 0.3) is 0 Å². The van der Waals surface area contributed by atoms with E-state index in [0.29, 0.717) is 35.3 Å². The number of aryl methyl sites for hydroxylation is 1. The summed E-state index contributed by atoms with van der Waals surface area (Å²) in [5.74, 6) is 0.567. The van der Waals surface area contributed by atoms with E-state index in [4.69, 9.17) is 11.6 Å². The van der Waals surface area contributed by atoms with Crippen LogP contribution in [0.15, 0.2) is 12.1 Å². The summed E-state index contributed by atoms with van der Waals surface area (Å²) in [6.45, 7) is 2.13. The molecule has 2 aliphatic rings. The van der Waals surface area contributed by atoms with E-state index < -0.39 is 11.6 Å². The van der Waals surface area contributed by atoms with Gasteiger partial charge in [-0.25, -0.2) is 8.78 Å². The van der Waals surface area contributed by atoms with Gasteiger partial charge in [-0.2, -0.15) is 0 Å². The first-order valence-corrected chi connectivity index (χ1v) is 11.7. The van der Waals surface area contributed by atoms with Gasteiger partial charge in [0.1, 0.15) is 0 Å². The molecule has 0 amide bonds. The quantitative estimate of drug-likeness (QED) is 0.324. The van der Waals surface area contributed by atoms with Crippen LogP contribution in [0, 0.1) is 23.5 Å². The predicted octanol–water partition coefficient (Wildman–Crippen LogP) is 7.94. The summed E-state index contributed by atoms with van der Waals surface area (Å²) >= 11 is 6.11. The molecule has 3 rings (SSSR count). The summed E-state index contributed by atoms with van der Waals surface area (Å²) in [6, 6.07) is 3.82. The maximum Gasteiger partial charge on any atom is 0.162 e. The average molecular weight is 397 g/mol. The molecule has 0 nitrogen and oxygen atoms in total. The highest BCUT2D eigenvalue weighted by Crippen LogP contribution is 2.52. The molecule has 0 saturated heterocycles. The zero-order valence-electron chi connectivity index (χ0n) is 16.8. The van der Waals surface area contributed by atoms with E-state index in [1.165, 1.54) is 19.3 Å². The summed E-state index contributed by atoms with van der Waals surface area (Å²) in [5, 5.41) is 0. The van der Waals surface area contributed by atoms with E-state index in [1.807, 2.05) is 12.1 Å². The minimum atomic E-state index is -0.585. The Bertz CT molecular complexity index is 599. The van der Waals surface area contributed by atoms with Crippen LogP contribution >= 0.6 is 11.6 Å². The lowest BCUT2D eigenvalue weighted by Gasteiger charge is -2.47. The third-order valence-electron chi connectivity index (χ3n) is 7.35. The fraction of sp³-hybridized carbons (Fsp3) is 0.750. The van der Waals surface area contributed by atoms with Crippen LogP contribution in [0.2, 0.25) is 0 Å². The Hall–Kier alpha value is -0.630. The van der Waals surface area contributed by atoms with Gasteiger partial charge in [-0.15, -0.1) is 11.6 Å². The molecule has 2 saturated carbocycles. The fourth-order valence-corrected chi connectivity index (χ4v) is 5.94. The molecule has 0 N–H and O–H groups in total. The van der Waals surface area contributed by atoms with Gasteiger partial charge in [0.05, 0.1) is 0 Å². The first-order chi connectivity index (χ1) is 13.1. The molecule has 3 heteroatoms. The first-order valence-electron chi connectivity index (χ1n) is 11.2. The van der Waals surface area contributed by atoms with Gasteiger partial charge in [0.15, 0.2) is 11.6 Å². The van der Waals surface area contributed by atoms with Crippen LogP contribution in [0.4, 0.5) is 8.78 Å². The van der Waals surface area contributed by atoms with Crippen molar-refractivity contribution in [3.8, 4) is 0 Å². The molecule has 1 aromatic rings. The minimum absolute atomic E-state index is 0.185. The summed E-state index contributed by atoms with van der Waals surface area (Å²) in [7, 11) is 0. The molecule has 0 radical (unpaired) electrons. The van der Waals surface area contributed by atoms with Crippen molar-refractivity contribution in [2.24, 2.45) is 11.8 Å². The summed E-state index contributed by atoms with van der Waals surface area (Å²) in [5.41, 5.74) is 1.03. The number of rotatable bonds is 7. The van der Waals surface area contributed by atoms with E-state index in [0.717, 1.165) is 57.8 Å². The lowest BCUT2D eigenvalue weighted by atomic mass is 9.57. The maximum atomic E-state index is 15.3. The third kappa shape index (κ3) is 4.52. The van der Waals surface area contributed by atoms with Crippen LogP contribution in [0.25, 0.3) is 0 Å². The first kappa shape index (κ1) is 21.1. The predicted molar refractivity (Wildman–Crippen MR) is 111 cm³/mol. The molecular weight excluding hydrogens is 362 g/mol. The number of alkyl halides is 1. The van der Waals surface area contributed by atoms with Crippen LogP contribution < -0.4 is 0 Å². The Morgan fingerprint density at radius 3 is 2.30 bits per heavy atom. The number of benzene rings is 1. The molecule has 0 heterocycles. The van der Waals surface area contributed by atoms with Crippen LogP contribution in [-0.2, 0) is 11.8 Å². The highest BCUT2D eigenvalue weighted by Gasteiger charge is 2.45. The Morgan fingerprint density at radius 2 is 1.67 bits per heavy atom. The smallest absolute Gasteiger partial charge is 0.162 e. The monoisotopic (exact) mass is 396 g/mol. The highest BCUT2D eigenvalue weighted by molar-refractivity contribution is 6.18. The van der Waals surface area contributed by atoms with Crippen molar-refractivity contribution in [1.82, 2.24) is 0 Å². The minimum Gasteiger partial charge on any atom is -0.203 e. The van der Waals surface area contributed by atoms with Gasteiger partial charge in [0, 0.05) is 11.3 Å². The second kappa shape index (κ2) is 9.72. The van der Waals surface area contributed by atoms with Crippen LogP contribution in [0.3, 0.4) is 0 Å². The fourth-order valence-electron chi connectivity index (χ4n) is 5.63. The molecule has 2 fully saturated rings. The van der Waals surface area contributed by atoms with Gasteiger partial charge in [-0.05, 0) is 74.3 Å². The third-order valence-corrected chi connectivity index (χ3v) is 7.79. The maximum absolute atomic E-state index is 15.3. The van der Waals surface area contributed by atoms with Gasteiger partial charge in [0.2, 0.25) is 0 Å². The van der Waals surface area contributed by atoms with Gasteiger partial charge in [-0.1, -0.05) is 51.2 Å². The summed E-state index contributed by atoms with van der Waals surface area (Å²) in [6.07, 6.45) is 13.8. The molecule has 0 atom stereocenters. The highest BCUT2D eigenvalue weighted by atomic mass is 35.5. The molecule has 0 unspecified atom stereocenters. The molecule has 1 aromatic carbocycles. The number of hydrogen-bond acceptors (Lipinski definition) is 0. The topological polar surface area (TPSA) is 0 Å². The Labute approximate surface area is 169 Å². The lowest BCUT2D eigenvalue weighted by Crippen LogP contribution is -2.41. The van der Waals surface area contributed by atoms with Crippen molar-refractivity contribution in [1.29, 1.82) is 0 Å². The standard InChI is InChI=1S/C24H35ClF2/c1-2-3-5-8-19-11-12-21(23(27)22(19)26)24(20-9-6-4-7-10-20)15-13-18(17-25)14-16-24/h11-12,18,20H,2-10,13-17H2,1H3. The molecular formula is C24H35ClF2. The second-order valence-electron chi connectivity index (χ2n) is 8.95. The van der Waals surface area contributed by atoms with Crippen molar-refractivity contribution in [2.45, 2.75) is 95.8 Å². The molecule has 152 valence electrons. The Morgan fingerprint density at radius 1 is 0.963 bits per heavy atom. The van der Waals surface area contributed by atoms with Gasteiger partial charge in [-0.3, -0.25) is 0 Å². The van der Waals surface area contributed by atoms with E-state index in [1.54, 1.807) is 0 Å². The van der Waals surface area contributed by atoms with Gasteiger partial charge < -0.3 is 0 Å². The van der Waals surface area contributed by atoms with Crippen molar-refractivity contribution in [3.05, 3.63) is 34.9 Å². The lowest BCUT2D eigenvalue weighted by molar-refractivity contribution is 0.124. The zero-order valence-corrected chi connectivity index (χ0v) is 17.6.